The minimum absolute atomic E-state index is 0.0135. The van der Waals surface area contributed by atoms with Crippen LogP contribution in [0.2, 0.25) is 0 Å². The van der Waals surface area contributed by atoms with Crippen LogP contribution in [-0.2, 0) is 6.42 Å². The van der Waals surface area contributed by atoms with Gasteiger partial charge in [0.05, 0.1) is 6.61 Å². The Kier molecular flexibility index (Phi) is 7.12. The molecule has 0 bridgehead atoms. The lowest BCUT2D eigenvalue weighted by atomic mass is 10.1. The van der Waals surface area contributed by atoms with Crippen molar-refractivity contribution in [3.63, 3.8) is 0 Å². The average molecular weight is 332 g/mol. The van der Waals surface area contributed by atoms with Gasteiger partial charge in [-0.15, -0.1) is 0 Å². The molecule has 1 aromatic carbocycles. The standard InChI is InChI=1S/C19H28N2O3/c1-14(2)13-24-18-7-4-15(5-8-18)9-10-20-19(23)21-17-6-3-16(11-17)12-22/h3-8,14,16-17,22H,9-13H2,1-2H3,(H2,20,21,23)/t16-,17+/m0/s1. The third kappa shape index (κ3) is 6.24. The van der Waals surface area contributed by atoms with Gasteiger partial charge in [-0.25, -0.2) is 4.79 Å². The second-order valence-corrected chi connectivity index (χ2v) is 6.67. The lowest BCUT2D eigenvalue weighted by Crippen LogP contribution is -2.41. The fourth-order valence-corrected chi connectivity index (χ4v) is 2.57. The normalized spacial score (nSPS) is 19.5. The van der Waals surface area contributed by atoms with E-state index >= 15 is 0 Å². The van der Waals surface area contributed by atoms with Crippen LogP contribution in [0, 0.1) is 11.8 Å². The van der Waals surface area contributed by atoms with Gasteiger partial charge in [-0.1, -0.05) is 38.1 Å². The number of rotatable bonds is 8. The molecule has 1 aliphatic rings. The van der Waals surface area contributed by atoms with Gasteiger partial charge in [0.1, 0.15) is 5.75 Å². The van der Waals surface area contributed by atoms with Crippen molar-refractivity contribution in [3.05, 3.63) is 42.0 Å². The first-order valence-corrected chi connectivity index (χ1v) is 8.62. The molecule has 3 N–H and O–H groups in total. The summed E-state index contributed by atoms with van der Waals surface area (Å²) >= 11 is 0. The number of aliphatic hydroxyl groups is 1. The number of carbonyl (C=O) groups is 1. The van der Waals surface area contributed by atoms with Crippen molar-refractivity contribution in [2.24, 2.45) is 11.8 Å². The molecule has 0 saturated heterocycles. The predicted molar refractivity (Wildman–Crippen MR) is 95.1 cm³/mol. The Hall–Kier alpha value is -2.01. The molecule has 1 aromatic rings. The maximum absolute atomic E-state index is 11.8. The fraction of sp³-hybridized carbons (Fsp3) is 0.526. The molecule has 0 saturated carbocycles. The highest BCUT2D eigenvalue weighted by molar-refractivity contribution is 5.74. The fourth-order valence-electron chi connectivity index (χ4n) is 2.57. The summed E-state index contributed by atoms with van der Waals surface area (Å²) in [5.41, 5.74) is 1.16. The Morgan fingerprint density at radius 1 is 1.29 bits per heavy atom. The Balaban J connectivity index is 1.64. The molecule has 0 heterocycles. The van der Waals surface area contributed by atoms with Gasteiger partial charge in [0.2, 0.25) is 0 Å². The number of amides is 2. The average Bonchev–Trinajstić information content (AvgIpc) is 3.01. The molecule has 2 amide bonds. The minimum atomic E-state index is -0.167. The lowest BCUT2D eigenvalue weighted by Gasteiger charge is -2.13. The number of nitrogens with one attached hydrogen (secondary N) is 2. The van der Waals surface area contributed by atoms with Crippen LogP contribution in [0.5, 0.6) is 5.75 Å². The number of hydrogen-bond donors (Lipinski definition) is 3. The van der Waals surface area contributed by atoms with Crippen molar-refractivity contribution in [3.8, 4) is 5.75 Å². The molecule has 1 aliphatic carbocycles. The van der Waals surface area contributed by atoms with E-state index in [1.807, 2.05) is 36.4 Å². The molecule has 2 atom stereocenters. The van der Waals surface area contributed by atoms with Crippen molar-refractivity contribution < 1.29 is 14.6 Å². The second-order valence-electron chi connectivity index (χ2n) is 6.67. The van der Waals surface area contributed by atoms with Crippen molar-refractivity contribution in [1.82, 2.24) is 10.6 Å². The summed E-state index contributed by atoms with van der Waals surface area (Å²) in [7, 11) is 0. The van der Waals surface area contributed by atoms with Crippen LogP contribution in [0.15, 0.2) is 36.4 Å². The molecule has 24 heavy (non-hydrogen) atoms. The summed E-state index contributed by atoms with van der Waals surface area (Å²) in [6.07, 6.45) is 5.43. The summed E-state index contributed by atoms with van der Waals surface area (Å²) in [6.45, 7) is 5.67. The zero-order valence-electron chi connectivity index (χ0n) is 14.5. The molecule has 0 unspecified atom stereocenters. The summed E-state index contributed by atoms with van der Waals surface area (Å²) in [5.74, 6) is 1.55. The number of hydrogen-bond acceptors (Lipinski definition) is 3. The van der Waals surface area contributed by atoms with E-state index in [-0.39, 0.29) is 24.6 Å². The summed E-state index contributed by atoms with van der Waals surface area (Å²) in [4.78, 5) is 11.8. The van der Waals surface area contributed by atoms with Crippen LogP contribution >= 0.6 is 0 Å². The first-order valence-electron chi connectivity index (χ1n) is 8.62. The maximum atomic E-state index is 11.8. The number of urea groups is 1. The third-order valence-electron chi connectivity index (χ3n) is 3.93. The van der Waals surface area contributed by atoms with Crippen LogP contribution in [0.3, 0.4) is 0 Å². The Morgan fingerprint density at radius 3 is 2.67 bits per heavy atom. The largest absolute Gasteiger partial charge is 0.493 e. The molecule has 0 aromatic heterocycles. The van der Waals surface area contributed by atoms with Crippen molar-refractivity contribution in [1.29, 1.82) is 0 Å². The van der Waals surface area contributed by atoms with Gasteiger partial charge in [-0.05, 0) is 36.5 Å². The van der Waals surface area contributed by atoms with E-state index in [4.69, 9.17) is 9.84 Å². The molecule has 132 valence electrons. The zero-order valence-corrected chi connectivity index (χ0v) is 14.5. The second kappa shape index (κ2) is 9.33. The number of aliphatic hydroxyl groups excluding tert-OH is 1. The van der Waals surface area contributed by atoms with E-state index in [9.17, 15) is 4.79 Å². The first-order chi connectivity index (χ1) is 11.6. The Bertz CT molecular complexity index is 540. The van der Waals surface area contributed by atoms with E-state index in [1.54, 1.807) is 0 Å². The van der Waals surface area contributed by atoms with E-state index in [0.29, 0.717) is 19.1 Å². The first kappa shape index (κ1) is 18.3. The smallest absolute Gasteiger partial charge is 0.315 e. The Labute approximate surface area is 144 Å². The quantitative estimate of drug-likeness (QED) is 0.641. The molecule has 0 aliphatic heterocycles. The van der Waals surface area contributed by atoms with Gasteiger partial charge in [0, 0.05) is 25.1 Å². The van der Waals surface area contributed by atoms with Gasteiger partial charge in [0.25, 0.3) is 0 Å². The maximum Gasteiger partial charge on any atom is 0.315 e. The van der Waals surface area contributed by atoms with Gasteiger partial charge in [0.15, 0.2) is 0 Å². The topological polar surface area (TPSA) is 70.6 Å². The highest BCUT2D eigenvalue weighted by Crippen LogP contribution is 2.16. The molecule has 5 nitrogen and oxygen atoms in total. The monoisotopic (exact) mass is 332 g/mol. The molecular weight excluding hydrogens is 304 g/mol. The van der Waals surface area contributed by atoms with Gasteiger partial charge < -0.3 is 20.5 Å². The van der Waals surface area contributed by atoms with Crippen molar-refractivity contribution in [2.45, 2.75) is 32.7 Å². The summed E-state index contributed by atoms with van der Waals surface area (Å²) < 4.78 is 5.65. The van der Waals surface area contributed by atoms with Crippen LogP contribution in [0.1, 0.15) is 25.8 Å². The molecular formula is C19H28N2O3. The molecule has 0 spiro atoms. The van der Waals surface area contributed by atoms with Gasteiger partial charge >= 0.3 is 6.03 Å². The lowest BCUT2D eigenvalue weighted by molar-refractivity contribution is 0.231. The molecule has 2 rings (SSSR count). The molecule has 0 radical (unpaired) electrons. The highest BCUT2D eigenvalue weighted by atomic mass is 16.5. The van der Waals surface area contributed by atoms with Gasteiger partial charge in [-0.2, -0.15) is 0 Å². The Morgan fingerprint density at radius 2 is 2.04 bits per heavy atom. The summed E-state index contributed by atoms with van der Waals surface area (Å²) in [6, 6.07) is 7.84. The number of benzene rings is 1. The zero-order chi connectivity index (χ0) is 17.4. The number of ether oxygens (including phenoxy) is 1. The third-order valence-corrected chi connectivity index (χ3v) is 3.93. The molecule has 0 fully saturated rings. The van der Waals surface area contributed by atoms with Crippen molar-refractivity contribution in [2.75, 3.05) is 19.8 Å². The number of carbonyl (C=O) groups excluding carboxylic acids is 1. The predicted octanol–water partition coefficient (Wildman–Crippen LogP) is 2.50. The van der Waals surface area contributed by atoms with E-state index < -0.39 is 0 Å². The highest BCUT2D eigenvalue weighted by Gasteiger charge is 2.19. The van der Waals surface area contributed by atoms with E-state index in [0.717, 1.165) is 24.2 Å². The van der Waals surface area contributed by atoms with Crippen LogP contribution in [0.4, 0.5) is 4.79 Å². The van der Waals surface area contributed by atoms with Crippen LogP contribution in [-0.4, -0.2) is 36.9 Å². The molecule has 5 heteroatoms. The summed E-state index contributed by atoms with van der Waals surface area (Å²) in [5, 5.41) is 14.8. The van der Waals surface area contributed by atoms with E-state index in [2.05, 4.69) is 24.5 Å². The van der Waals surface area contributed by atoms with Crippen LogP contribution in [0.25, 0.3) is 0 Å². The van der Waals surface area contributed by atoms with Crippen LogP contribution < -0.4 is 15.4 Å². The van der Waals surface area contributed by atoms with Crippen molar-refractivity contribution >= 4 is 6.03 Å². The SMILES string of the molecule is CC(C)COc1ccc(CCNC(=O)N[C@@H]2C=C[C@H](CO)C2)cc1. The minimum Gasteiger partial charge on any atom is -0.493 e. The van der Waals surface area contributed by atoms with E-state index in [1.165, 1.54) is 0 Å². The van der Waals surface area contributed by atoms with Gasteiger partial charge in [-0.3, -0.25) is 0 Å².